The maximum atomic E-state index is 12.5. The first-order valence-corrected chi connectivity index (χ1v) is 9.22. The number of benzene rings is 2. The first-order chi connectivity index (χ1) is 11.5. The van der Waals surface area contributed by atoms with Crippen molar-refractivity contribution < 1.29 is 13.7 Å². The molecule has 0 saturated carbocycles. The Balaban J connectivity index is 1.96. The van der Waals surface area contributed by atoms with Gasteiger partial charge in [0.05, 0.1) is 12.9 Å². The monoisotopic (exact) mass is 345 g/mol. The Kier molecular flexibility index (Phi) is 6.55. The number of aryl methyl sites for hydroxylation is 1. The van der Waals surface area contributed by atoms with E-state index in [1.807, 2.05) is 55.5 Å². The number of amides is 1. The number of hydrogen-bond acceptors (Lipinski definition) is 3. The van der Waals surface area contributed by atoms with Gasteiger partial charge in [0, 0.05) is 22.9 Å². The zero-order chi connectivity index (χ0) is 17.5. The second-order valence-corrected chi connectivity index (χ2v) is 7.44. The lowest BCUT2D eigenvalue weighted by Crippen LogP contribution is -2.35. The highest BCUT2D eigenvalue weighted by Gasteiger charge is 2.21. The molecular formula is C19H23NO3S. The number of carbonyl (C=O) groups excluding carboxylic acids is 1. The van der Waals surface area contributed by atoms with E-state index in [9.17, 15) is 9.00 Å². The summed E-state index contributed by atoms with van der Waals surface area (Å²) < 4.78 is 17.9. The molecule has 2 atom stereocenters. The summed E-state index contributed by atoms with van der Waals surface area (Å²) in [6.45, 7) is 4.11. The van der Waals surface area contributed by atoms with Gasteiger partial charge >= 0.3 is 0 Å². The molecule has 2 aromatic rings. The minimum atomic E-state index is -1.32. The summed E-state index contributed by atoms with van der Waals surface area (Å²) in [7, 11) is 0.274. The van der Waals surface area contributed by atoms with Gasteiger partial charge in [-0.25, -0.2) is 0 Å². The predicted octanol–water partition coefficient (Wildman–Crippen LogP) is 2.96. The molecule has 0 aliphatic rings. The van der Waals surface area contributed by atoms with E-state index >= 15 is 0 Å². The van der Waals surface area contributed by atoms with E-state index in [1.165, 1.54) is 0 Å². The van der Waals surface area contributed by atoms with Crippen LogP contribution in [-0.4, -0.2) is 22.5 Å². The Bertz CT molecular complexity index is 716. The van der Waals surface area contributed by atoms with E-state index < -0.39 is 16.0 Å². The first-order valence-electron chi connectivity index (χ1n) is 7.83. The average Bonchev–Trinajstić information content (AvgIpc) is 2.60. The third-order valence-corrected chi connectivity index (χ3v) is 5.41. The van der Waals surface area contributed by atoms with Crippen LogP contribution >= 0.6 is 0 Å². The van der Waals surface area contributed by atoms with Gasteiger partial charge in [0.1, 0.15) is 11.0 Å². The van der Waals surface area contributed by atoms with E-state index in [0.29, 0.717) is 18.0 Å². The van der Waals surface area contributed by atoms with Crippen LogP contribution in [0.4, 0.5) is 0 Å². The zero-order valence-electron chi connectivity index (χ0n) is 14.2. The van der Waals surface area contributed by atoms with E-state index in [0.717, 1.165) is 16.7 Å². The van der Waals surface area contributed by atoms with Gasteiger partial charge in [0.2, 0.25) is 5.91 Å². The summed E-state index contributed by atoms with van der Waals surface area (Å²) >= 11 is 0. The Morgan fingerprint density at radius 2 is 1.92 bits per heavy atom. The summed E-state index contributed by atoms with van der Waals surface area (Å²) in [6, 6.07) is 15.4. The van der Waals surface area contributed by atoms with Crippen LogP contribution in [0, 0.1) is 6.92 Å². The maximum absolute atomic E-state index is 12.5. The van der Waals surface area contributed by atoms with Gasteiger partial charge in [-0.1, -0.05) is 48.0 Å². The lowest BCUT2D eigenvalue weighted by molar-refractivity contribution is -0.120. The van der Waals surface area contributed by atoms with Crippen LogP contribution in [0.1, 0.15) is 23.6 Å². The van der Waals surface area contributed by atoms with Gasteiger partial charge in [-0.2, -0.15) is 0 Å². The molecular weight excluding hydrogens is 322 g/mol. The van der Waals surface area contributed by atoms with Gasteiger partial charge in [0.15, 0.2) is 0 Å². The van der Waals surface area contributed by atoms with Crippen LogP contribution in [0.15, 0.2) is 48.5 Å². The maximum Gasteiger partial charge on any atom is 0.235 e. The molecule has 0 unspecified atom stereocenters. The minimum Gasteiger partial charge on any atom is -0.496 e. The highest BCUT2D eigenvalue weighted by molar-refractivity contribution is 7.85. The predicted molar refractivity (Wildman–Crippen MR) is 97.3 cm³/mol. The Morgan fingerprint density at radius 3 is 2.58 bits per heavy atom. The molecule has 2 rings (SSSR count). The molecule has 5 heteroatoms. The van der Waals surface area contributed by atoms with Crippen LogP contribution in [0.2, 0.25) is 0 Å². The van der Waals surface area contributed by atoms with Gasteiger partial charge in [-0.3, -0.25) is 9.00 Å². The molecule has 0 aliphatic heterocycles. The molecule has 0 aromatic heterocycles. The molecule has 0 aliphatic carbocycles. The average molecular weight is 345 g/mol. The lowest BCUT2D eigenvalue weighted by Gasteiger charge is -2.14. The molecule has 24 heavy (non-hydrogen) atoms. The third-order valence-electron chi connectivity index (χ3n) is 3.81. The zero-order valence-corrected chi connectivity index (χ0v) is 15.1. The van der Waals surface area contributed by atoms with Gasteiger partial charge in [-0.15, -0.1) is 0 Å². The molecule has 128 valence electrons. The van der Waals surface area contributed by atoms with Crippen molar-refractivity contribution in [3.05, 3.63) is 65.2 Å². The standard InChI is InChI=1S/C19H23NO3S/c1-14-9-10-18(23-3)17(11-14)13-24(22)15(2)19(21)20-12-16-7-5-4-6-8-16/h4-11,15H,12-13H2,1-3H3,(H,20,21)/t15-,24-/m1/s1. The van der Waals surface area contributed by atoms with Crippen molar-refractivity contribution in [2.75, 3.05) is 7.11 Å². The first kappa shape index (κ1) is 18.2. The van der Waals surface area contributed by atoms with Crippen LogP contribution < -0.4 is 10.1 Å². The minimum absolute atomic E-state index is 0.205. The molecule has 1 amide bonds. The molecule has 0 radical (unpaired) electrons. The lowest BCUT2D eigenvalue weighted by atomic mass is 10.1. The highest BCUT2D eigenvalue weighted by atomic mass is 32.2. The highest BCUT2D eigenvalue weighted by Crippen LogP contribution is 2.22. The number of nitrogens with one attached hydrogen (secondary N) is 1. The number of rotatable bonds is 7. The summed E-state index contributed by atoms with van der Waals surface area (Å²) in [5.41, 5.74) is 2.95. The normalized spacial score (nSPS) is 13.1. The second kappa shape index (κ2) is 8.64. The molecule has 0 fully saturated rings. The van der Waals surface area contributed by atoms with Crippen LogP contribution in [0.25, 0.3) is 0 Å². The van der Waals surface area contributed by atoms with Crippen LogP contribution in [0.5, 0.6) is 5.75 Å². The molecule has 0 spiro atoms. The van der Waals surface area contributed by atoms with Gasteiger partial charge in [0.25, 0.3) is 0 Å². The molecule has 0 heterocycles. The smallest absolute Gasteiger partial charge is 0.235 e. The van der Waals surface area contributed by atoms with Crippen molar-refractivity contribution >= 4 is 16.7 Å². The fourth-order valence-electron chi connectivity index (χ4n) is 2.35. The fraction of sp³-hybridized carbons (Fsp3) is 0.316. The molecule has 1 N–H and O–H groups in total. The fourth-order valence-corrected chi connectivity index (χ4v) is 3.45. The largest absolute Gasteiger partial charge is 0.496 e. The molecule has 4 nitrogen and oxygen atoms in total. The molecule has 0 saturated heterocycles. The van der Waals surface area contributed by atoms with E-state index in [2.05, 4.69) is 5.32 Å². The summed E-state index contributed by atoms with van der Waals surface area (Å²) in [4.78, 5) is 12.2. The number of hydrogen-bond donors (Lipinski definition) is 1. The third kappa shape index (κ3) is 4.93. The van der Waals surface area contributed by atoms with Gasteiger partial charge in [-0.05, 0) is 25.5 Å². The van der Waals surface area contributed by atoms with Crippen molar-refractivity contribution in [3.63, 3.8) is 0 Å². The number of ether oxygens (including phenoxy) is 1. The van der Waals surface area contributed by atoms with Crippen molar-refractivity contribution in [1.82, 2.24) is 5.32 Å². The summed E-state index contributed by atoms with van der Waals surface area (Å²) in [6.07, 6.45) is 0. The Labute approximate surface area is 145 Å². The van der Waals surface area contributed by atoms with Crippen molar-refractivity contribution in [1.29, 1.82) is 0 Å². The number of methoxy groups -OCH3 is 1. The number of carbonyl (C=O) groups is 1. The molecule has 2 aromatic carbocycles. The van der Waals surface area contributed by atoms with Crippen LogP contribution in [0.3, 0.4) is 0 Å². The molecule has 0 bridgehead atoms. The van der Waals surface area contributed by atoms with E-state index in [-0.39, 0.29) is 5.91 Å². The summed E-state index contributed by atoms with van der Waals surface area (Å²) in [5.74, 6) is 0.791. The second-order valence-electron chi connectivity index (χ2n) is 5.69. The Morgan fingerprint density at radius 1 is 1.21 bits per heavy atom. The van der Waals surface area contributed by atoms with Crippen molar-refractivity contribution in [2.45, 2.75) is 31.4 Å². The topological polar surface area (TPSA) is 55.4 Å². The quantitative estimate of drug-likeness (QED) is 0.839. The Hall–Kier alpha value is -2.14. The SMILES string of the molecule is COc1ccc(C)cc1C[S@@](=O)[C@H](C)C(=O)NCc1ccccc1. The summed E-state index contributed by atoms with van der Waals surface area (Å²) in [5, 5.41) is 2.26. The van der Waals surface area contributed by atoms with E-state index in [4.69, 9.17) is 4.74 Å². The van der Waals surface area contributed by atoms with E-state index in [1.54, 1.807) is 14.0 Å². The van der Waals surface area contributed by atoms with Gasteiger partial charge < -0.3 is 10.1 Å². The van der Waals surface area contributed by atoms with Crippen LogP contribution in [-0.2, 0) is 27.9 Å². The van der Waals surface area contributed by atoms with Crippen molar-refractivity contribution in [2.24, 2.45) is 0 Å². The van der Waals surface area contributed by atoms with Crippen molar-refractivity contribution in [3.8, 4) is 5.75 Å².